The van der Waals surface area contributed by atoms with E-state index in [4.69, 9.17) is 26.1 Å². The van der Waals surface area contributed by atoms with Gasteiger partial charge in [-0.1, -0.05) is 13.8 Å². The summed E-state index contributed by atoms with van der Waals surface area (Å²) < 4.78 is 17.8. The van der Waals surface area contributed by atoms with Gasteiger partial charge < -0.3 is 13.9 Å². The van der Waals surface area contributed by atoms with Crippen molar-refractivity contribution in [1.29, 1.82) is 0 Å². The minimum Gasteiger partial charge on any atom is -0.490 e. The Balaban J connectivity index is 2.59. The van der Waals surface area contributed by atoms with E-state index in [1.807, 2.05) is 25.1 Å². The number of hydrogen-bond donors (Lipinski definition) is 0. The van der Waals surface area contributed by atoms with Crippen molar-refractivity contribution in [2.75, 3.05) is 13.2 Å². The summed E-state index contributed by atoms with van der Waals surface area (Å²) in [6.45, 7) is 7.43. The van der Waals surface area contributed by atoms with E-state index in [1.54, 1.807) is 0 Å². The fourth-order valence-electron chi connectivity index (χ4n) is 2.01. The van der Waals surface area contributed by atoms with Gasteiger partial charge in [-0.15, -0.1) is 0 Å². The van der Waals surface area contributed by atoms with Crippen molar-refractivity contribution in [1.82, 2.24) is 0 Å². The molecular weight excluding hydrogens is 272 g/mol. The topological polar surface area (TPSA) is 31.6 Å². The first-order valence-corrected chi connectivity index (χ1v) is 7.41. The molecule has 20 heavy (non-hydrogen) atoms. The van der Waals surface area contributed by atoms with Crippen molar-refractivity contribution in [3.05, 3.63) is 28.5 Å². The highest BCUT2D eigenvalue weighted by molar-refractivity contribution is 7.71. The van der Waals surface area contributed by atoms with Crippen LogP contribution in [0, 0.1) is 11.6 Å². The molecule has 0 aliphatic carbocycles. The van der Waals surface area contributed by atoms with Gasteiger partial charge in [0.2, 0.25) is 5.75 Å². The van der Waals surface area contributed by atoms with Gasteiger partial charge in [0.15, 0.2) is 16.0 Å². The summed E-state index contributed by atoms with van der Waals surface area (Å²) in [6.07, 6.45) is 1.87. The minimum absolute atomic E-state index is 0.462. The molecule has 2 aromatic rings. The van der Waals surface area contributed by atoms with E-state index in [0.717, 1.165) is 29.5 Å². The molecule has 108 valence electrons. The second-order valence-electron chi connectivity index (χ2n) is 4.71. The summed E-state index contributed by atoms with van der Waals surface area (Å²) in [4.78, 5) is 0. The maximum Gasteiger partial charge on any atom is 0.204 e. The molecule has 1 heterocycles. The Morgan fingerprint density at radius 2 is 1.80 bits per heavy atom. The van der Waals surface area contributed by atoms with Gasteiger partial charge in [0.05, 0.1) is 13.2 Å². The van der Waals surface area contributed by atoms with E-state index in [0.29, 0.717) is 29.3 Å². The quantitative estimate of drug-likeness (QED) is 0.697. The van der Waals surface area contributed by atoms with Gasteiger partial charge in [-0.05, 0) is 55.7 Å². The van der Waals surface area contributed by atoms with Crippen LogP contribution in [0.15, 0.2) is 22.6 Å². The zero-order valence-electron chi connectivity index (χ0n) is 12.2. The molecule has 1 aromatic heterocycles. The summed E-state index contributed by atoms with van der Waals surface area (Å²) in [6, 6.07) is 5.79. The van der Waals surface area contributed by atoms with Gasteiger partial charge in [-0.3, -0.25) is 0 Å². The van der Waals surface area contributed by atoms with Crippen molar-refractivity contribution in [3.63, 3.8) is 0 Å². The predicted molar refractivity (Wildman–Crippen MR) is 83.4 cm³/mol. The average molecular weight is 292 g/mol. The van der Waals surface area contributed by atoms with E-state index in [-0.39, 0.29) is 0 Å². The van der Waals surface area contributed by atoms with Crippen molar-refractivity contribution < 1.29 is 13.9 Å². The van der Waals surface area contributed by atoms with E-state index >= 15 is 0 Å². The third kappa shape index (κ3) is 3.12. The lowest BCUT2D eigenvalue weighted by atomic mass is 10.1. The van der Waals surface area contributed by atoms with E-state index in [2.05, 4.69) is 13.8 Å². The largest absolute Gasteiger partial charge is 0.490 e. The Morgan fingerprint density at radius 3 is 2.50 bits per heavy atom. The first-order valence-electron chi connectivity index (χ1n) is 7.00. The van der Waals surface area contributed by atoms with Crippen LogP contribution in [-0.2, 0) is 0 Å². The lowest BCUT2D eigenvalue weighted by Crippen LogP contribution is -2.02. The minimum atomic E-state index is 0.462. The Kier molecular flexibility index (Phi) is 5.01. The number of benzene rings is 1. The highest BCUT2D eigenvalue weighted by atomic mass is 32.1. The third-order valence-electron chi connectivity index (χ3n) is 2.95. The van der Waals surface area contributed by atoms with Crippen molar-refractivity contribution in [2.45, 2.75) is 33.6 Å². The zero-order valence-corrected chi connectivity index (χ0v) is 13.0. The van der Waals surface area contributed by atoms with Crippen molar-refractivity contribution in [3.8, 4) is 11.5 Å². The molecule has 0 atom stereocenters. The van der Waals surface area contributed by atoms with Crippen LogP contribution in [0.5, 0.6) is 11.5 Å². The molecule has 0 saturated heterocycles. The number of fused-ring (bicyclic) bond motifs is 1. The average Bonchev–Trinajstić information content (AvgIpc) is 2.43. The molecular formula is C16H20O3S. The van der Waals surface area contributed by atoms with E-state index in [9.17, 15) is 0 Å². The van der Waals surface area contributed by atoms with E-state index < -0.39 is 0 Å². The molecule has 4 heteroatoms. The smallest absolute Gasteiger partial charge is 0.204 e. The first kappa shape index (κ1) is 14.9. The Bertz CT molecular complexity index is 646. The van der Waals surface area contributed by atoms with Gasteiger partial charge in [-0.2, -0.15) is 0 Å². The van der Waals surface area contributed by atoms with Crippen molar-refractivity contribution in [2.24, 2.45) is 0 Å². The van der Waals surface area contributed by atoms with Crippen LogP contribution in [0.2, 0.25) is 0 Å². The normalized spacial score (nSPS) is 10.8. The van der Waals surface area contributed by atoms with Crippen LogP contribution in [0.25, 0.3) is 11.0 Å². The molecule has 0 bridgehead atoms. The number of hydrogen-bond acceptors (Lipinski definition) is 4. The molecule has 0 N–H and O–H groups in total. The van der Waals surface area contributed by atoms with Crippen LogP contribution in [0.4, 0.5) is 0 Å². The van der Waals surface area contributed by atoms with E-state index in [1.165, 1.54) is 0 Å². The fraction of sp³-hybridized carbons (Fsp3) is 0.438. The van der Waals surface area contributed by atoms with Crippen LogP contribution in [0.3, 0.4) is 0 Å². The highest BCUT2D eigenvalue weighted by Crippen LogP contribution is 2.37. The van der Waals surface area contributed by atoms with Gasteiger partial charge in [0, 0.05) is 5.39 Å². The van der Waals surface area contributed by atoms with Crippen LogP contribution < -0.4 is 9.47 Å². The number of rotatable bonds is 6. The third-order valence-corrected chi connectivity index (χ3v) is 3.15. The van der Waals surface area contributed by atoms with Crippen LogP contribution in [-0.4, -0.2) is 13.2 Å². The Morgan fingerprint density at radius 1 is 1.10 bits per heavy atom. The SMILES string of the molecule is CCCOc1ccc2c(C)cc(=S)oc2c1OCCC. The molecule has 0 fully saturated rings. The zero-order chi connectivity index (χ0) is 14.5. The molecule has 2 rings (SSSR count). The van der Waals surface area contributed by atoms with Gasteiger partial charge in [0.1, 0.15) is 0 Å². The molecule has 0 saturated carbocycles. The molecule has 0 aliphatic rings. The standard InChI is InChI=1S/C16H20O3S/c1-4-8-17-13-7-6-12-11(3)10-14(20)19-15(12)16(13)18-9-5-2/h6-7,10H,4-5,8-9H2,1-3H3. The van der Waals surface area contributed by atoms with Crippen molar-refractivity contribution >= 4 is 23.2 Å². The summed E-state index contributed by atoms with van der Waals surface area (Å²) in [5.74, 6) is 1.38. The van der Waals surface area contributed by atoms with Crippen LogP contribution in [0.1, 0.15) is 32.3 Å². The summed E-state index contributed by atoms with van der Waals surface area (Å²) in [5, 5.41) is 1.01. The first-order chi connectivity index (χ1) is 9.67. The van der Waals surface area contributed by atoms with Crippen LogP contribution >= 0.6 is 12.2 Å². The molecule has 0 radical (unpaired) electrons. The lowest BCUT2D eigenvalue weighted by molar-refractivity contribution is 0.268. The summed E-state index contributed by atoms with van der Waals surface area (Å²) in [7, 11) is 0. The molecule has 3 nitrogen and oxygen atoms in total. The molecule has 0 spiro atoms. The molecule has 0 unspecified atom stereocenters. The predicted octanol–water partition coefficient (Wildman–Crippen LogP) is 5.05. The summed E-state index contributed by atoms with van der Waals surface area (Å²) in [5.41, 5.74) is 1.76. The number of aryl methyl sites for hydroxylation is 1. The highest BCUT2D eigenvalue weighted by Gasteiger charge is 2.14. The maximum atomic E-state index is 5.84. The molecule has 0 aliphatic heterocycles. The Hall–Kier alpha value is -1.55. The van der Waals surface area contributed by atoms with Gasteiger partial charge in [0.25, 0.3) is 0 Å². The van der Waals surface area contributed by atoms with Gasteiger partial charge in [-0.25, -0.2) is 0 Å². The maximum absolute atomic E-state index is 5.84. The van der Waals surface area contributed by atoms with Gasteiger partial charge >= 0.3 is 0 Å². The Labute approximate surface area is 124 Å². The fourth-order valence-corrected chi connectivity index (χ4v) is 2.27. The monoisotopic (exact) mass is 292 g/mol. The molecule has 0 amide bonds. The second-order valence-corrected chi connectivity index (χ2v) is 5.12. The molecule has 1 aromatic carbocycles. The number of ether oxygens (including phenoxy) is 2. The second kappa shape index (κ2) is 6.75. The lowest BCUT2D eigenvalue weighted by Gasteiger charge is -2.14. The summed E-state index contributed by atoms with van der Waals surface area (Å²) >= 11 is 5.17.